The second-order valence-electron chi connectivity index (χ2n) is 4.78. The van der Waals surface area contributed by atoms with Crippen molar-refractivity contribution in [2.24, 2.45) is 5.41 Å². The van der Waals surface area contributed by atoms with Crippen molar-refractivity contribution < 1.29 is 9.90 Å². The van der Waals surface area contributed by atoms with Gasteiger partial charge >= 0.3 is 5.97 Å². The van der Waals surface area contributed by atoms with E-state index in [9.17, 15) is 4.79 Å². The molecule has 1 N–H and O–H groups in total. The lowest BCUT2D eigenvalue weighted by Gasteiger charge is -2.06. The average Bonchev–Trinajstić information content (AvgIpc) is 2.64. The largest absolute Gasteiger partial charge is 0.481 e. The second-order valence-corrected chi connectivity index (χ2v) is 6.00. The third kappa shape index (κ3) is 1.49. The SMILES string of the molecule is O=C(O)C1(Cc2cc3c(s2)CCC3)CC1. The highest BCUT2D eigenvalue weighted by atomic mass is 32.1. The molecule has 0 amide bonds. The normalized spacial score (nSPS) is 21.3. The number of fused-ring (bicyclic) bond motifs is 1. The Kier molecular flexibility index (Phi) is 1.93. The van der Waals surface area contributed by atoms with Gasteiger partial charge in [0.25, 0.3) is 0 Å². The number of carboxylic acids is 1. The molecule has 0 unspecified atom stereocenters. The van der Waals surface area contributed by atoms with Gasteiger partial charge in [-0.05, 0) is 50.2 Å². The minimum atomic E-state index is -0.601. The van der Waals surface area contributed by atoms with Gasteiger partial charge in [-0.15, -0.1) is 11.3 Å². The fraction of sp³-hybridized carbons (Fsp3) is 0.583. The molecule has 0 saturated heterocycles. The first-order valence-electron chi connectivity index (χ1n) is 5.53. The van der Waals surface area contributed by atoms with E-state index in [1.807, 2.05) is 11.3 Å². The quantitative estimate of drug-likeness (QED) is 0.853. The van der Waals surface area contributed by atoms with Crippen LogP contribution in [0.1, 0.15) is 34.6 Å². The Bertz CT molecular complexity index is 394. The molecule has 0 aromatic carbocycles. The van der Waals surface area contributed by atoms with E-state index >= 15 is 0 Å². The molecule has 3 heteroatoms. The van der Waals surface area contributed by atoms with Crippen LogP contribution in [-0.4, -0.2) is 11.1 Å². The van der Waals surface area contributed by atoms with Gasteiger partial charge < -0.3 is 5.11 Å². The lowest BCUT2D eigenvalue weighted by molar-refractivity contribution is -0.143. The van der Waals surface area contributed by atoms with Crippen molar-refractivity contribution in [2.75, 3.05) is 0 Å². The lowest BCUT2D eigenvalue weighted by atomic mass is 10.0. The smallest absolute Gasteiger partial charge is 0.309 e. The summed E-state index contributed by atoms with van der Waals surface area (Å²) in [5.74, 6) is -0.601. The summed E-state index contributed by atoms with van der Waals surface area (Å²) in [5, 5.41) is 9.12. The molecule has 0 aliphatic heterocycles. The number of thiophene rings is 1. The Labute approximate surface area is 92.9 Å². The summed E-state index contributed by atoms with van der Waals surface area (Å²) in [4.78, 5) is 13.9. The summed E-state index contributed by atoms with van der Waals surface area (Å²) in [6, 6.07) is 2.25. The highest BCUT2D eigenvalue weighted by Crippen LogP contribution is 2.50. The van der Waals surface area contributed by atoms with Crippen molar-refractivity contribution >= 4 is 17.3 Å². The van der Waals surface area contributed by atoms with E-state index in [-0.39, 0.29) is 0 Å². The average molecular weight is 222 g/mol. The number of aliphatic carboxylic acids is 1. The molecule has 0 radical (unpaired) electrons. The maximum absolute atomic E-state index is 11.1. The van der Waals surface area contributed by atoms with Gasteiger partial charge in [0.2, 0.25) is 0 Å². The van der Waals surface area contributed by atoms with E-state index in [1.54, 1.807) is 0 Å². The lowest BCUT2D eigenvalue weighted by Crippen LogP contribution is -2.16. The number of hydrogen-bond acceptors (Lipinski definition) is 2. The molecule has 2 nitrogen and oxygen atoms in total. The summed E-state index contributed by atoms with van der Waals surface area (Å²) < 4.78 is 0. The van der Waals surface area contributed by atoms with Crippen LogP contribution in [0.4, 0.5) is 0 Å². The van der Waals surface area contributed by atoms with E-state index in [4.69, 9.17) is 5.11 Å². The van der Waals surface area contributed by atoms with Gasteiger partial charge in [-0.25, -0.2) is 0 Å². The zero-order valence-electron chi connectivity index (χ0n) is 8.58. The maximum Gasteiger partial charge on any atom is 0.309 e. The first kappa shape index (κ1) is 9.40. The molecule has 0 bridgehead atoms. The van der Waals surface area contributed by atoms with Gasteiger partial charge in [0, 0.05) is 9.75 Å². The van der Waals surface area contributed by atoms with E-state index in [0.717, 1.165) is 19.3 Å². The monoisotopic (exact) mass is 222 g/mol. The Hall–Kier alpha value is -0.830. The molecule has 2 aliphatic carbocycles. The molecule has 3 rings (SSSR count). The molecule has 1 heterocycles. The first-order valence-corrected chi connectivity index (χ1v) is 6.35. The number of aryl methyl sites for hydroxylation is 2. The van der Waals surface area contributed by atoms with Gasteiger partial charge in [-0.1, -0.05) is 0 Å². The topological polar surface area (TPSA) is 37.3 Å². The van der Waals surface area contributed by atoms with Crippen LogP contribution < -0.4 is 0 Å². The molecule has 15 heavy (non-hydrogen) atoms. The van der Waals surface area contributed by atoms with Crippen molar-refractivity contribution in [3.63, 3.8) is 0 Å². The number of rotatable bonds is 3. The molecule has 1 aromatic heterocycles. The summed E-state index contributed by atoms with van der Waals surface area (Å²) in [6.45, 7) is 0. The van der Waals surface area contributed by atoms with Crippen molar-refractivity contribution in [1.29, 1.82) is 0 Å². The van der Waals surface area contributed by atoms with E-state index in [1.165, 1.54) is 34.6 Å². The second kappa shape index (κ2) is 3.08. The number of hydrogen-bond donors (Lipinski definition) is 1. The third-order valence-corrected chi connectivity index (χ3v) is 4.85. The highest BCUT2D eigenvalue weighted by molar-refractivity contribution is 7.12. The van der Waals surface area contributed by atoms with Crippen molar-refractivity contribution in [2.45, 2.75) is 38.5 Å². The van der Waals surface area contributed by atoms with Gasteiger partial charge in [-0.2, -0.15) is 0 Å². The molecule has 0 spiro atoms. The van der Waals surface area contributed by atoms with Crippen LogP contribution in [0.3, 0.4) is 0 Å². The Morgan fingerprint density at radius 1 is 1.47 bits per heavy atom. The van der Waals surface area contributed by atoms with Crippen LogP contribution in [0.25, 0.3) is 0 Å². The van der Waals surface area contributed by atoms with Gasteiger partial charge in [0.1, 0.15) is 0 Å². The maximum atomic E-state index is 11.1. The highest BCUT2D eigenvalue weighted by Gasteiger charge is 2.50. The van der Waals surface area contributed by atoms with E-state index in [0.29, 0.717) is 0 Å². The molecular formula is C12H14O2S. The van der Waals surface area contributed by atoms with Crippen molar-refractivity contribution in [3.8, 4) is 0 Å². The predicted molar refractivity (Wildman–Crippen MR) is 59.4 cm³/mol. The minimum Gasteiger partial charge on any atom is -0.481 e. The molecule has 1 fully saturated rings. The summed E-state index contributed by atoms with van der Waals surface area (Å²) >= 11 is 1.84. The zero-order valence-corrected chi connectivity index (χ0v) is 9.40. The summed E-state index contributed by atoms with van der Waals surface area (Å²) in [6.07, 6.45) is 6.19. The summed E-state index contributed by atoms with van der Waals surface area (Å²) in [5.41, 5.74) is 1.09. The van der Waals surface area contributed by atoms with Crippen LogP contribution >= 0.6 is 11.3 Å². The van der Waals surface area contributed by atoms with Gasteiger partial charge in [0.15, 0.2) is 0 Å². The molecular weight excluding hydrogens is 208 g/mol. The van der Waals surface area contributed by atoms with Crippen molar-refractivity contribution in [1.82, 2.24) is 0 Å². The van der Waals surface area contributed by atoms with Crippen LogP contribution in [-0.2, 0) is 24.1 Å². The van der Waals surface area contributed by atoms with Crippen LogP contribution in [0.5, 0.6) is 0 Å². The van der Waals surface area contributed by atoms with Gasteiger partial charge in [-0.3, -0.25) is 4.79 Å². The number of carbonyl (C=O) groups is 1. The Morgan fingerprint density at radius 2 is 2.27 bits per heavy atom. The van der Waals surface area contributed by atoms with E-state index < -0.39 is 11.4 Å². The molecule has 2 aliphatic rings. The first-order chi connectivity index (χ1) is 7.20. The minimum absolute atomic E-state index is 0.390. The Morgan fingerprint density at radius 3 is 2.87 bits per heavy atom. The van der Waals surface area contributed by atoms with Crippen LogP contribution in [0, 0.1) is 5.41 Å². The molecule has 0 atom stereocenters. The summed E-state index contributed by atoms with van der Waals surface area (Å²) in [7, 11) is 0. The van der Waals surface area contributed by atoms with E-state index in [2.05, 4.69) is 6.07 Å². The molecule has 80 valence electrons. The molecule has 1 aromatic rings. The standard InChI is InChI=1S/C12H14O2S/c13-11(14)12(4-5-12)7-9-6-8-2-1-3-10(8)15-9/h6H,1-5,7H2,(H,13,14). The molecule has 1 saturated carbocycles. The van der Waals surface area contributed by atoms with Gasteiger partial charge in [0.05, 0.1) is 5.41 Å². The Balaban J connectivity index is 1.80. The zero-order chi connectivity index (χ0) is 10.5. The number of carboxylic acid groups (broad SMARTS) is 1. The fourth-order valence-corrected chi connectivity index (χ4v) is 3.83. The third-order valence-electron chi connectivity index (χ3n) is 3.62. The van der Waals surface area contributed by atoms with Crippen molar-refractivity contribution in [3.05, 3.63) is 21.4 Å². The predicted octanol–water partition coefficient (Wildman–Crippen LogP) is 2.64. The van der Waals surface area contributed by atoms with Crippen LogP contribution in [0.15, 0.2) is 6.07 Å². The fourth-order valence-electron chi connectivity index (χ4n) is 2.43. The van der Waals surface area contributed by atoms with Crippen LogP contribution in [0.2, 0.25) is 0 Å².